The molecule has 1 N–H and O–H groups in total. The molecule has 0 radical (unpaired) electrons. The summed E-state index contributed by atoms with van der Waals surface area (Å²) >= 11 is 0. The molecule has 0 aromatic rings. The third-order valence-corrected chi connectivity index (χ3v) is 8.79. The van der Waals surface area contributed by atoms with Crippen LogP contribution >= 0.6 is 0 Å². The number of carbonyl (C=O) groups is 3. The zero-order valence-corrected chi connectivity index (χ0v) is 35.3. The van der Waals surface area contributed by atoms with Gasteiger partial charge in [-0.15, -0.1) is 0 Å². The van der Waals surface area contributed by atoms with Crippen LogP contribution in [0.2, 0.25) is 0 Å². The molecule has 0 spiro atoms. The Morgan fingerprint density at radius 2 is 0.982 bits per heavy atom. The fourth-order valence-electron chi connectivity index (χ4n) is 5.57. The molecule has 8 nitrogen and oxygen atoms in total. The quantitative estimate of drug-likeness (QED) is 0.0293. The molecule has 0 aliphatic carbocycles. The van der Waals surface area contributed by atoms with Crippen molar-refractivity contribution in [1.82, 2.24) is 0 Å². The summed E-state index contributed by atoms with van der Waals surface area (Å²) < 4.78 is 17.2. The van der Waals surface area contributed by atoms with Crippen LogP contribution in [-0.2, 0) is 28.6 Å². The van der Waals surface area contributed by atoms with Gasteiger partial charge >= 0.3 is 17.9 Å². The van der Waals surface area contributed by atoms with E-state index >= 15 is 0 Å². The maximum absolute atomic E-state index is 12.7. The molecule has 8 heteroatoms. The standard InChI is InChI=1S/C47H77NO7/c1-6-8-10-12-14-16-18-19-20-21-22-23-24-25-26-28-30-32-34-36-38-46(50)55-43(41-53-40-39-44(47(51)52)48(3,4)5)42-54-45(49)37-35-33-31-29-27-17-15-13-11-9-7-2/h8-11,14-17,19-20,22-23,29,31,43-44H,6-7,12-13,18,21,24-28,30,32-42H2,1-5H3/p+1/b10-8+,11-9+,16-14+,17-15+,20-19+,23-22+,31-29+. The Bertz CT molecular complexity index is 1170. The number of allylic oxidation sites excluding steroid dienone is 14. The Morgan fingerprint density at radius 3 is 1.47 bits per heavy atom. The summed E-state index contributed by atoms with van der Waals surface area (Å²) in [5.74, 6) is -1.56. The van der Waals surface area contributed by atoms with Gasteiger partial charge in [-0.05, 0) is 77.0 Å². The molecule has 0 aliphatic rings. The summed E-state index contributed by atoms with van der Waals surface area (Å²) in [6.45, 7) is 4.41. The summed E-state index contributed by atoms with van der Waals surface area (Å²) in [5, 5.41) is 9.60. The number of carbonyl (C=O) groups excluding carboxylic acids is 2. The largest absolute Gasteiger partial charge is 0.477 e. The average molecular weight is 769 g/mol. The minimum Gasteiger partial charge on any atom is -0.477 e. The fraction of sp³-hybridized carbons (Fsp3) is 0.638. The van der Waals surface area contributed by atoms with Crippen LogP contribution in [0.1, 0.15) is 142 Å². The second-order valence-electron chi connectivity index (χ2n) is 14.8. The number of quaternary nitrogens is 1. The highest BCUT2D eigenvalue weighted by atomic mass is 16.6. The minimum atomic E-state index is -0.888. The maximum atomic E-state index is 12.7. The van der Waals surface area contributed by atoms with E-state index in [1.807, 2.05) is 21.1 Å². The number of hydrogen-bond donors (Lipinski definition) is 1. The molecule has 0 fully saturated rings. The van der Waals surface area contributed by atoms with E-state index in [1.54, 1.807) is 0 Å². The Morgan fingerprint density at radius 1 is 0.545 bits per heavy atom. The van der Waals surface area contributed by atoms with Gasteiger partial charge in [0.2, 0.25) is 0 Å². The van der Waals surface area contributed by atoms with E-state index in [9.17, 15) is 19.5 Å². The van der Waals surface area contributed by atoms with Crippen molar-refractivity contribution in [2.24, 2.45) is 0 Å². The van der Waals surface area contributed by atoms with Gasteiger partial charge in [-0.25, -0.2) is 4.79 Å². The third kappa shape index (κ3) is 35.9. The average Bonchev–Trinajstić information content (AvgIpc) is 3.14. The molecule has 0 saturated heterocycles. The van der Waals surface area contributed by atoms with Crippen LogP contribution in [0.4, 0.5) is 0 Å². The van der Waals surface area contributed by atoms with Crippen molar-refractivity contribution < 1.29 is 38.2 Å². The first-order valence-electron chi connectivity index (χ1n) is 21.1. The monoisotopic (exact) mass is 769 g/mol. The zero-order chi connectivity index (χ0) is 40.7. The highest BCUT2D eigenvalue weighted by molar-refractivity contribution is 5.72. The zero-order valence-electron chi connectivity index (χ0n) is 35.3. The molecular formula is C47H78NO7+. The van der Waals surface area contributed by atoms with Crippen LogP contribution in [-0.4, -0.2) is 80.6 Å². The molecule has 312 valence electrons. The van der Waals surface area contributed by atoms with E-state index in [1.165, 1.54) is 19.3 Å². The number of hydrogen-bond acceptors (Lipinski definition) is 6. The normalized spacial score (nSPS) is 13.8. The lowest BCUT2D eigenvalue weighted by atomic mass is 10.1. The predicted molar refractivity (Wildman–Crippen MR) is 229 cm³/mol. The van der Waals surface area contributed by atoms with Crippen LogP contribution in [0, 0.1) is 0 Å². The number of aliphatic carboxylic acids is 1. The molecule has 0 aliphatic heterocycles. The lowest BCUT2D eigenvalue weighted by molar-refractivity contribution is -0.887. The molecular weight excluding hydrogens is 691 g/mol. The third-order valence-electron chi connectivity index (χ3n) is 8.79. The van der Waals surface area contributed by atoms with Crippen molar-refractivity contribution in [2.75, 3.05) is 41.0 Å². The van der Waals surface area contributed by atoms with Gasteiger partial charge in [-0.3, -0.25) is 9.59 Å². The van der Waals surface area contributed by atoms with Crippen LogP contribution in [0.15, 0.2) is 85.1 Å². The summed E-state index contributed by atoms with van der Waals surface area (Å²) in [7, 11) is 5.49. The molecule has 2 unspecified atom stereocenters. The van der Waals surface area contributed by atoms with Gasteiger partial charge in [0, 0.05) is 19.3 Å². The molecule has 0 amide bonds. The minimum absolute atomic E-state index is 0.0356. The van der Waals surface area contributed by atoms with Crippen molar-refractivity contribution in [2.45, 2.75) is 154 Å². The first kappa shape index (κ1) is 51.5. The first-order chi connectivity index (χ1) is 26.6. The number of rotatable bonds is 36. The summed E-state index contributed by atoms with van der Waals surface area (Å²) in [4.78, 5) is 36.9. The van der Waals surface area contributed by atoms with Gasteiger partial charge in [0.05, 0.1) is 34.4 Å². The summed E-state index contributed by atoms with van der Waals surface area (Å²) in [5.41, 5.74) is 0. The smallest absolute Gasteiger partial charge is 0.362 e. The van der Waals surface area contributed by atoms with E-state index in [0.29, 0.717) is 19.3 Å². The number of carboxylic acid groups (broad SMARTS) is 1. The molecule has 0 heterocycles. The van der Waals surface area contributed by atoms with Crippen LogP contribution in [0.3, 0.4) is 0 Å². The van der Waals surface area contributed by atoms with Crippen molar-refractivity contribution in [3.63, 3.8) is 0 Å². The number of ether oxygens (including phenoxy) is 3. The van der Waals surface area contributed by atoms with Gasteiger partial charge in [0.15, 0.2) is 12.1 Å². The topological polar surface area (TPSA) is 99.1 Å². The second-order valence-corrected chi connectivity index (χ2v) is 14.8. The predicted octanol–water partition coefficient (Wildman–Crippen LogP) is 11.4. The molecule has 2 atom stereocenters. The molecule has 0 aromatic heterocycles. The van der Waals surface area contributed by atoms with E-state index in [4.69, 9.17) is 14.2 Å². The number of carboxylic acids is 1. The van der Waals surface area contributed by atoms with E-state index in [-0.39, 0.29) is 42.7 Å². The molecule has 55 heavy (non-hydrogen) atoms. The van der Waals surface area contributed by atoms with Crippen molar-refractivity contribution in [3.8, 4) is 0 Å². The fourth-order valence-corrected chi connectivity index (χ4v) is 5.57. The van der Waals surface area contributed by atoms with E-state index in [2.05, 4.69) is 98.9 Å². The maximum Gasteiger partial charge on any atom is 0.362 e. The lowest BCUT2D eigenvalue weighted by Crippen LogP contribution is -2.50. The lowest BCUT2D eigenvalue weighted by Gasteiger charge is -2.31. The Hall–Kier alpha value is -3.49. The second kappa shape index (κ2) is 37.4. The van der Waals surface area contributed by atoms with Crippen molar-refractivity contribution in [3.05, 3.63) is 85.1 Å². The van der Waals surface area contributed by atoms with Crippen LogP contribution in [0.25, 0.3) is 0 Å². The van der Waals surface area contributed by atoms with Gasteiger partial charge in [0.25, 0.3) is 0 Å². The summed E-state index contributed by atoms with van der Waals surface area (Å²) in [6, 6.07) is -0.627. The number of likely N-dealkylation sites (N-methyl/N-ethyl adjacent to an activating group) is 1. The highest BCUT2D eigenvalue weighted by Gasteiger charge is 2.31. The number of unbranched alkanes of at least 4 members (excludes halogenated alkanes) is 8. The summed E-state index contributed by atoms with van der Waals surface area (Å²) in [6.07, 6.45) is 47.8. The molecule has 0 saturated carbocycles. The van der Waals surface area contributed by atoms with E-state index in [0.717, 1.165) is 83.5 Å². The van der Waals surface area contributed by atoms with Crippen LogP contribution in [0.5, 0.6) is 0 Å². The van der Waals surface area contributed by atoms with Crippen molar-refractivity contribution in [1.29, 1.82) is 0 Å². The Kier molecular flexibility index (Phi) is 35.1. The SMILES string of the molecule is CC/C=C/C/C=C/C/C=C/C/C=C/CCCCCCCCCC(=O)OC(COCCC(C(=O)O)[N+](C)(C)C)COC(=O)CCC/C=C/C/C=C/C/C=C/CC. The van der Waals surface area contributed by atoms with Gasteiger partial charge < -0.3 is 23.8 Å². The molecule has 0 bridgehead atoms. The van der Waals surface area contributed by atoms with Crippen LogP contribution < -0.4 is 0 Å². The Labute approximate surface area is 335 Å². The highest BCUT2D eigenvalue weighted by Crippen LogP contribution is 2.13. The Balaban J connectivity index is 4.41. The van der Waals surface area contributed by atoms with Gasteiger partial charge in [-0.1, -0.05) is 131 Å². The van der Waals surface area contributed by atoms with Crippen molar-refractivity contribution >= 4 is 17.9 Å². The van der Waals surface area contributed by atoms with Gasteiger partial charge in [-0.2, -0.15) is 0 Å². The number of esters is 2. The van der Waals surface area contributed by atoms with Gasteiger partial charge in [0.1, 0.15) is 6.61 Å². The number of nitrogens with zero attached hydrogens (tertiary/aromatic N) is 1. The first-order valence-corrected chi connectivity index (χ1v) is 21.1. The van der Waals surface area contributed by atoms with E-state index < -0.39 is 18.1 Å². The molecule has 0 aromatic carbocycles. The molecule has 0 rings (SSSR count).